The Labute approximate surface area is 107 Å². The number of benzene rings is 1. The zero-order valence-corrected chi connectivity index (χ0v) is 10.8. The molecular formula is C14H20F2N2. The van der Waals surface area contributed by atoms with Crippen LogP contribution in [0.4, 0.5) is 20.2 Å². The molecule has 0 radical (unpaired) electrons. The van der Waals surface area contributed by atoms with E-state index in [0.717, 1.165) is 32.2 Å². The van der Waals surface area contributed by atoms with Crippen molar-refractivity contribution in [1.29, 1.82) is 0 Å². The highest BCUT2D eigenvalue weighted by atomic mass is 19.1. The highest BCUT2D eigenvalue weighted by Gasteiger charge is 2.21. The largest absolute Gasteiger partial charge is 0.399 e. The predicted octanol–water partition coefficient (Wildman–Crippen LogP) is 3.56. The van der Waals surface area contributed by atoms with Crippen molar-refractivity contribution in [2.24, 2.45) is 5.92 Å². The monoisotopic (exact) mass is 254 g/mol. The van der Waals surface area contributed by atoms with Gasteiger partial charge in [-0.15, -0.1) is 0 Å². The smallest absolute Gasteiger partial charge is 0.151 e. The molecule has 18 heavy (non-hydrogen) atoms. The summed E-state index contributed by atoms with van der Waals surface area (Å²) in [6, 6.07) is 2.39. The minimum Gasteiger partial charge on any atom is -0.399 e. The molecule has 0 bridgehead atoms. The van der Waals surface area contributed by atoms with Crippen LogP contribution in [-0.4, -0.2) is 13.1 Å². The number of hydrogen-bond acceptors (Lipinski definition) is 2. The predicted molar refractivity (Wildman–Crippen MR) is 70.6 cm³/mol. The molecule has 1 fully saturated rings. The van der Waals surface area contributed by atoms with Crippen LogP contribution in [0.5, 0.6) is 0 Å². The maximum absolute atomic E-state index is 13.8. The Hall–Kier alpha value is -1.32. The Balaban J connectivity index is 2.21. The molecule has 0 spiro atoms. The average Bonchev–Trinajstić information content (AvgIpc) is 2.53. The lowest BCUT2D eigenvalue weighted by Crippen LogP contribution is -2.26. The molecule has 4 heteroatoms. The summed E-state index contributed by atoms with van der Waals surface area (Å²) in [5.74, 6) is -0.431. The Morgan fingerprint density at radius 2 is 1.89 bits per heavy atom. The molecule has 1 aliphatic heterocycles. The van der Waals surface area contributed by atoms with Crippen LogP contribution in [0.15, 0.2) is 12.1 Å². The van der Waals surface area contributed by atoms with E-state index in [2.05, 4.69) is 6.92 Å². The first-order valence-corrected chi connectivity index (χ1v) is 6.61. The normalized spacial score (nSPS) is 20.8. The second-order valence-corrected chi connectivity index (χ2v) is 5.03. The van der Waals surface area contributed by atoms with E-state index in [1.54, 1.807) is 0 Å². The molecule has 0 amide bonds. The zero-order chi connectivity index (χ0) is 13.1. The van der Waals surface area contributed by atoms with Gasteiger partial charge in [0.2, 0.25) is 0 Å². The van der Waals surface area contributed by atoms with Crippen LogP contribution < -0.4 is 10.6 Å². The molecule has 1 heterocycles. The summed E-state index contributed by atoms with van der Waals surface area (Å²) >= 11 is 0. The van der Waals surface area contributed by atoms with Gasteiger partial charge in [-0.2, -0.15) is 0 Å². The quantitative estimate of drug-likeness (QED) is 0.818. The Bertz CT molecular complexity index is 397. The molecule has 1 aliphatic rings. The van der Waals surface area contributed by atoms with E-state index >= 15 is 0 Å². The molecule has 1 saturated heterocycles. The van der Waals surface area contributed by atoms with E-state index in [9.17, 15) is 8.78 Å². The Kier molecular flexibility index (Phi) is 4.04. The number of anilines is 2. The standard InChI is InChI=1S/C14H20F2N2/c1-2-10-4-3-6-18(7-5-10)14-12(15)8-11(17)9-13(14)16/h8-10H,2-7,17H2,1H3. The van der Waals surface area contributed by atoms with Crippen LogP contribution in [0.2, 0.25) is 0 Å². The fraction of sp³-hybridized carbons (Fsp3) is 0.571. The third-order valence-electron chi connectivity index (χ3n) is 3.78. The second-order valence-electron chi connectivity index (χ2n) is 5.03. The van der Waals surface area contributed by atoms with Crippen LogP contribution >= 0.6 is 0 Å². The third kappa shape index (κ3) is 2.74. The van der Waals surface area contributed by atoms with Gasteiger partial charge in [0.1, 0.15) is 5.69 Å². The Morgan fingerprint density at radius 3 is 2.50 bits per heavy atom. The van der Waals surface area contributed by atoms with Gasteiger partial charge in [-0.1, -0.05) is 13.3 Å². The van der Waals surface area contributed by atoms with Gasteiger partial charge in [-0.25, -0.2) is 8.78 Å². The summed E-state index contributed by atoms with van der Waals surface area (Å²) in [6.45, 7) is 3.61. The summed E-state index contributed by atoms with van der Waals surface area (Å²) < 4.78 is 27.7. The number of nitrogens with two attached hydrogens (primary N) is 1. The second kappa shape index (κ2) is 5.55. The molecule has 1 unspecified atom stereocenters. The summed E-state index contributed by atoms with van der Waals surface area (Å²) in [5, 5.41) is 0. The Morgan fingerprint density at radius 1 is 1.22 bits per heavy atom. The molecule has 100 valence electrons. The third-order valence-corrected chi connectivity index (χ3v) is 3.78. The van der Waals surface area contributed by atoms with Gasteiger partial charge in [0.05, 0.1) is 0 Å². The van der Waals surface area contributed by atoms with Crippen LogP contribution in [-0.2, 0) is 0 Å². The van der Waals surface area contributed by atoms with Gasteiger partial charge in [0.25, 0.3) is 0 Å². The molecule has 2 N–H and O–H groups in total. The fourth-order valence-corrected chi connectivity index (χ4v) is 2.68. The first kappa shape index (κ1) is 13.1. The van der Waals surface area contributed by atoms with Crippen molar-refractivity contribution in [3.63, 3.8) is 0 Å². The lowest BCUT2D eigenvalue weighted by atomic mass is 9.98. The number of rotatable bonds is 2. The highest BCUT2D eigenvalue weighted by Crippen LogP contribution is 2.29. The molecule has 0 saturated carbocycles. The minimum absolute atomic E-state index is 0.0842. The molecule has 2 nitrogen and oxygen atoms in total. The van der Waals surface area contributed by atoms with Crippen molar-refractivity contribution >= 4 is 11.4 Å². The van der Waals surface area contributed by atoms with Crippen LogP contribution in [0, 0.1) is 17.6 Å². The van der Waals surface area contributed by atoms with E-state index in [-0.39, 0.29) is 11.4 Å². The fourth-order valence-electron chi connectivity index (χ4n) is 2.68. The van der Waals surface area contributed by atoms with Crippen LogP contribution in [0.25, 0.3) is 0 Å². The first-order valence-electron chi connectivity index (χ1n) is 6.61. The number of hydrogen-bond donors (Lipinski definition) is 1. The van der Waals surface area contributed by atoms with E-state index in [4.69, 9.17) is 5.73 Å². The van der Waals surface area contributed by atoms with E-state index in [1.165, 1.54) is 12.1 Å². The SMILES string of the molecule is CCC1CCCN(c2c(F)cc(N)cc2F)CC1. The number of nitrogen functional groups attached to an aromatic ring is 1. The maximum atomic E-state index is 13.8. The van der Waals surface area contributed by atoms with E-state index in [0.29, 0.717) is 12.5 Å². The first-order chi connectivity index (χ1) is 8.61. The van der Waals surface area contributed by atoms with Gasteiger partial charge >= 0.3 is 0 Å². The summed E-state index contributed by atoms with van der Waals surface area (Å²) in [7, 11) is 0. The van der Waals surface area contributed by atoms with Crippen LogP contribution in [0.1, 0.15) is 32.6 Å². The molecule has 2 rings (SSSR count). The molecule has 0 aliphatic carbocycles. The highest BCUT2D eigenvalue weighted by molar-refractivity contribution is 5.55. The van der Waals surface area contributed by atoms with Crippen molar-refractivity contribution in [1.82, 2.24) is 0 Å². The van der Waals surface area contributed by atoms with Crippen molar-refractivity contribution in [2.75, 3.05) is 23.7 Å². The average molecular weight is 254 g/mol. The maximum Gasteiger partial charge on any atom is 0.151 e. The zero-order valence-electron chi connectivity index (χ0n) is 10.8. The lowest BCUT2D eigenvalue weighted by molar-refractivity contribution is 0.459. The van der Waals surface area contributed by atoms with Crippen molar-refractivity contribution in [3.05, 3.63) is 23.8 Å². The van der Waals surface area contributed by atoms with E-state index < -0.39 is 11.6 Å². The van der Waals surface area contributed by atoms with Crippen molar-refractivity contribution < 1.29 is 8.78 Å². The number of nitrogens with zero attached hydrogens (tertiary/aromatic N) is 1. The molecule has 1 atom stereocenters. The molecule has 1 aromatic carbocycles. The van der Waals surface area contributed by atoms with Crippen LogP contribution in [0.3, 0.4) is 0 Å². The van der Waals surface area contributed by atoms with E-state index in [1.807, 2.05) is 4.90 Å². The summed E-state index contributed by atoms with van der Waals surface area (Å²) in [4.78, 5) is 1.82. The van der Waals surface area contributed by atoms with Crippen molar-refractivity contribution in [3.8, 4) is 0 Å². The van der Waals surface area contributed by atoms with Gasteiger partial charge in [0.15, 0.2) is 11.6 Å². The van der Waals surface area contributed by atoms with Gasteiger partial charge in [-0.05, 0) is 37.3 Å². The molecule has 0 aromatic heterocycles. The van der Waals surface area contributed by atoms with Crippen molar-refractivity contribution in [2.45, 2.75) is 32.6 Å². The molecule has 1 aromatic rings. The minimum atomic E-state index is -0.553. The van der Waals surface area contributed by atoms with Gasteiger partial charge in [0, 0.05) is 18.8 Å². The molecular weight excluding hydrogens is 234 g/mol. The summed E-state index contributed by atoms with van der Waals surface area (Å²) in [6.07, 6.45) is 4.27. The topological polar surface area (TPSA) is 29.3 Å². The number of halogens is 2. The van der Waals surface area contributed by atoms with Gasteiger partial charge in [-0.3, -0.25) is 0 Å². The van der Waals surface area contributed by atoms with Gasteiger partial charge < -0.3 is 10.6 Å². The lowest BCUT2D eigenvalue weighted by Gasteiger charge is -2.24. The summed E-state index contributed by atoms with van der Waals surface area (Å²) in [5.41, 5.74) is 5.65.